The summed E-state index contributed by atoms with van der Waals surface area (Å²) < 4.78 is 19.7. The number of aldehydes is 1. The number of carboxylic acid groups (broad SMARTS) is 6. The minimum Gasteiger partial charge on any atom is -0.693 e. The summed E-state index contributed by atoms with van der Waals surface area (Å²) in [6, 6.07) is 27.5. The normalized spacial score (nSPS) is 11.2. The molecule has 19 N–H and O–H groups in total. The molecule has 79 heavy (non-hydrogen) atoms. The van der Waals surface area contributed by atoms with E-state index in [9.17, 15) is 24.0 Å². The maximum absolute atomic E-state index is 10.2. The Bertz CT molecular complexity index is 1930. The summed E-state index contributed by atoms with van der Waals surface area (Å²) in [7, 11) is 19.5. The van der Waals surface area contributed by atoms with Crippen LogP contribution in [0.4, 0.5) is 0 Å². The van der Waals surface area contributed by atoms with Gasteiger partial charge in [-0.25, -0.2) is 28.8 Å². The van der Waals surface area contributed by atoms with Crippen LogP contribution in [0.3, 0.4) is 0 Å². The van der Waals surface area contributed by atoms with Gasteiger partial charge in [0.05, 0.1) is 0 Å². The molecule has 0 bridgehead atoms. The first kappa shape index (κ1) is 96.0. The quantitative estimate of drug-likeness (QED) is 0.0345. The van der Waals surface area contributed by atoms with Gasteiger partial charge in [-0.2, -0.15) is 12.0 Å². The molecular formula is C48H65Cl4N5O19Pt3. The number of carbonyl (C=O) groups excluding carboxylic acids is 1. The third-order valence-corrected chi connectivity index (χ3v) is 7.90. The number of carboxylic acids is 6. The molecule has 2 unspecified atom stereocenters. The van der Waals surface area contributed by atoms with Crippen molar-refractivity contribution in [1.29, 1.82) is 0 Å². The average molecular weight is 1740 g/mol. The van der Waals surface area contributed by atoms with E-state index in [1.165, 1.54) is 19.3 Å². The number of hydrogen-bond acceptors (Lipinski definition) is 11. The van der Waals surface area contributed by atoms with Gasteiger partial charge in [0.2, 0.25) is 0 Å². The van der Waals surface area contributed by atoms with Crippen molar-refractivity contribution in [1.82, 2.24) is 0 Å². The number of nitrogens with one attached hydrogen (secondary N) is 1. The first-order valence-electron chi connectivity index (χ1n) is 19.9. The molecule has 1 saturated carbocycles. The monoisotopic (exact) mass is 1740 g/mol. The van der Waals surface area contributed by atoms with Crippen LogP contribution in [0.2, 0.25) is 0 Å². The molecule has 0 amide bonds. The van der Waals surface area contributed by atoms with Gasteiger partial charge in [-0.15, -0.1) is 0 Å². The molecule has 0 heterocycles. The Balaban J connectivity index is -0.0000000881. The van der Waals surface area contributed by atoms with Crippen LogP contribution in [0, 0.1) is 12.8 Å². The number of hydrogen-bond donors (Lipinski definition) is 6. The molecule has 2 atom stereocenters. The van der Waals surface area contributed by atoms with E-state index >= 15 is 0 Å². The fourth-order valence-electron chi connectivity index (χ4n) is 4.53. The van der Waals surface area contributed by atoms with Crippen LogP contribution in [0.25, 0.3) is 48.6 Å². The fraction of sp³-hybridized carbons (Fsp3) is 0.208. The Morgan fingerprint density at radius 1 is 0.494 bits per heavy atom. The summed E-state index contributed by atoms with van der Waals surface area (Å²) in [4.78, 5) is 69.0. The van der Waals surface area contributed by atoms with Crippen LogP contribution in [-0.2, 0) is 82.8 Å². The van der Waals surface area contributed by atoms with Gasteiger partial charge in [0, 0.05) is 5.56 Å². The third kappa shape index (κ3) is 60.2. The summed E-state index contributed by atoms with van der Waals surface area (Å²) in [5.74, 6) is -5.11. The van der Waals surface area contributed by atoms with Gasteiger partial charge in [0.25, 0.3) is 0 Å². The maximum Gasteiger partial charge on any atom is 2.00 e. The minimum atomic E-state index is -1.82. The van der Waals surface area contributed by atoms with E-state index in [1.54, 1.807) is 78.9 Å². The number of rotatable bonds is 16. The Morgan fingerprint density at radius 3 is 0.835 bits per heavy atom. The molecule has 0 saturated heterocycles. The zero-order valence-electron chi connectivity index (χ0n) is 41.6. The number of nitrogens with two attached hydrogens (primary N) is 4. The molecule has 1 fully saturated rings. The van der Waals surface area contributed by atoms with Crippen LogP contribution < -0.4 is 18.9 Å². The second-order valence-electron chi connectivity index (χ2n) is 13.1. The van der Waals surface area contributed by atoms with Crippen molar-refractivity contribution >= 4 is 98.0 Å². The van der Waals surface area contributed by atoms with Gasteiger partial charge >= 0.3 is 128 Å². The van der Waals surface area contributed by atoms with E-state index in [0.29, 0.717) is 40.8 Å². The predicted molar refractivity (Wildman–Crippen MR) is 296 cm³/mol. The van der Waals surface area contributed by atoms with Gasteiger partial charge in [0.15, 0.2) is 26.4 Å². The van der Waals surface area contributed by atoms with E-state index < -0.39 is 68.8 Å². The Hall–Kier alpha value is -5.27. The van der Waals surface area contributed by atoms with Crippen molar-refractivity contribution in [2.75, 3.05) is 26.4 Å². The van der Waals surface area contributed by atoms with Crippen molar-refractivity contribution in [3.63, 3.8) is 0 Å². The SMILES string of the molecule is C=Cc1ccc(OCC(=O)O)cc1.C=Cc1ccc(OCC(=O)O)cc1.C=Cc1ccc(OCC(=O)O)cc1.O.O.O=C(O)C(=O)O.O=Cc1ccc(OCC(=O)O)cc1.[CH2-]C1CCCCC1[NH-].[Cl][Pt+2][Cl].[Cl][Pt+2][Cl].[NH2-].[NH2-].[NH2-].[NH2-].[Pt+2]. The standard InChI is InChI=1S/3C10H10O3.C9H8O4.C7H13N.C2H2O4.4ClH.4H2N.2H2O.3Pt/c3*1-2-8-3-5-9(6-4-8)13-7-10(11)12;10-5-7-1-3-8(4-2-7)13-6-9(11)12;1-6-4-2-3-5-7(6)8;3-1(4)2(5)6;;;;;;;;;;;;;/h3*2-6H,1,7H2,(H,11,12);1-5H,6H2,(H,11,12);6-8H,1-5H2;(H,3,4)(H,5,6);4*1H;6*1H2;;;/q;;;;-2;;;;;;4*-1;;;+2;2*+4/p-4. The molecule has 1 aliphatic carbocycles. The summed E-state index contributed by atoms with van der Waals surface area (Å²) in [5, 5.41) is 48.1. The van der Waals surface area contributed by atoms with Crippen LogP contribution in [0.15, 0.2) is 117 Å². The zero-order chi connectivity index (χ0) is 55.3. The van der Waals surface area contributed by atoms with Crippen molar-refractivity contribution in [3.8, 4) is 23.0 Å². The molecule has 454 valence electrons. The second kappa shape index (κ2) is 63.6. The van der Waals surface area contributed by atoms with E-state index in [-0.39, 0.29) is 89.1 Å². The minimum absolute atomic E-state index is 0. The molecule has 0 aliphatic heterocycles. The summed E-state index contributed by atoms with van der Waals surface area (Å²) in [6.07, 6.45) is 10.6. The van der Waals surface area contributed by atoms with Crippen LogP contribution in [0.5, 0.6) is 23.0 Å². The number of benzene rings is 4. The van der Waals surface area contributed by atoms with Gasteiger partial charge in [-0.3, -0.25) is 4.79 Å². The largest absolute Gasteiger partial charge is 2.00 e. The average Bonchev–Trinajstić information content (AvgIpc) is 3.36. The van der Waals surface area contributed by atoms with Gasteiger partial charge < -0.3 is 97.8 Å². The Kier molecular flexibility index (Phi) is 77.3. The van der Waals surface area contributed by atoms with Gasteiger partial charge in [-0.05, 0) is 77.4 Å². The van der Waals surface area contributed by atoms with Crippen LogP contribution >= 0.6 is 37.7 Å². The number of carbonyl (C=O) groups is 7. The Labute approximate surface area is 505 Å². The van der Waals surface area contributed by atoms with E-state index in [2.05, 4.69) is 26.7 Å². The number of aliphatic carboxylic acids is 6. The van der Waals surface area contributed by atoms with Gasteiger partial charge in [-0.1, -0.05) is 100 Å². The molecule has 0 spiro atoms. The smallest absolute Gasteiger partial charge is 0.693 e. The zero-order valence-corrected chi connectivity index (χ0v) is 51.5. The fourth-order valence-corrected chi connectivity index (χ4v) is 4.53. The predicted octanol–water partition coefficient (Wildman–Crippen LogP) is 11.9. The molecule has 5 rings (SSSR count). The molecule has 1 aliphatic rings. The molecular weight excluding hydrogens is 1680 g/mol. The van der Waals surface area contributed by atoms with Crippen molar-refractivity contribution < 1.29 is 148 Å². The first-order chi connectivity index (χ1) is 34.2. The van der Waals surface area contributed by atoms with Crippen molar-refractivity contribution in [3.05, 3.63) is 176 Å². The molecule has 31 heteroatoms. The second-order valence-corrected chi connectivity index (χ2v) is 19.7. The van der Waals surface area contributed by atoms with E-state index in [0.717, 1.165) is 23.1 Å². The van der Waals surface area contributed by atoms with Crippen LogP contribution in [-0.4, -0.2) is 116 Å². The Morgan fingerprint density at radius 2 is 0.696 bits per heavy atom. The van der Waals surface area contributed by atoms with Gasteiger partial charge in [0.1, 0.15) is 29.3 Å². The van der Waals surface area contributed by atoms with E-state index in [4.69, 9.17) is 103 Å². The third-order valence-electron chi connectivity index (χ3n) is 7.90. The van der Waals surface area contributed by atoms with Crippen molar-refractivity contribution in [2.45, 2.75) is 31.7 Å². The molecule has 4 aromatic carbocycles. The molecule has 4 aromatic rings. The van der Waals surface area contributed by atoms with Crippen molar-refractivity contribution in [2.24, 2.45) is 5.92 Å². The molecule has 0 radical (unpaired) electrons. The summed E-state index contributed by atoms with van der Waals surface area (Å²) in [5.41, 5.74) is 10.9. The summed E-state index contributed by atoms with van der Waals surface area (Å²) in [6.45, 7) is 13.4. The maximum atomic E-state index is 10.2. The van der Waals surface area contributed by atoms with Crippen LogP contribution in [0.1, 0.15) is 52.7 Å². The summed E-state index contributed by atoms with van der Waals surface area (Å²) >= 11 is -0.944. The topological polar surface area (TPSA) is 499 Å². The number of ether oxygens (including phenoxy) is 4. The first-order valence-corrected chi connectivity index (χ1v) is 31.2. The molecule has 24 nitrogen and oxygen atoms in total. The molecule has 0 aromatic heterocycles. The van der Waals surface area contributed by atoms with E-state index in [1.807, 2.05) is 36.4 Å². The number of halogens is 4.